The van der Waals surface area contributed by atoms with E-state index in [0.717, 1.165) is 26.2 Å². The van der Waals surface area contributed by atoms with E-state index in [4.69, 9.17) is 9.94 Å². The summed E-state index contributed by atoms with van der Waals surface area (Å²) in [5, 5.41) is 20.9. The van der Waals surface area contributed by atoms with Gasteiger partial charge in [-0.3, -0.25) is 19.8 Å². The first-order valence-corrected chi connectivity index (χ1v) is 12.1. The molecule has 39 heavy (non-hydrogen) atoms. The second-order valence-electron chi connectivity index (χ2n) is 8.57. The third kappa shape index (κ3) is 10.3. The summed E-state index contributed by atoms with van der Waals surface area (Å²) in [4.78, 5) is 52.1. The lowest BCUT2D eigenvalue weighted by Crippen LogP contribution is -2.45. The van der Waals surface area contributed by atoms with E-state index < -0.39 is 11.0 Å². The Labute approximate surface area is 227 Å². The highest BCUT2D eigenvalue weighted by Gasteiger charge is 2.20. The van der Waals surface area contributed by atoms with E-state index in [1.54, 1.807) is 66.6 Å². The Morgan fingerprint density at radius 2 is 1.59 bits per heavy atom. The fraction of sp³-hybridized carbons (Fsp3) is 0.250. The molecule has 11 nitrogen and oxygen atoms in total. The van der Waals surface area contributed by atoms with Crippen LogP contribution in [-0.4, -0.2) is 82.5 Å². The molecule has 2 aliphatic heterocycles. The van der Waals surface area contributed by atoms with Crippen molar-refractivity contribution in [1.29, 1.82) is 0 Å². The lowest BCUT2D eigenvalue weighted by molar-refractivity contribution is -0.385. The largest absolute Gasteiger partial charge is 0.465 e. The van der Waals surface area contributed by atoms with Crippen LogP contribution in [0.25, 0.3) is 0 Å². The molecule has 0 aliphatic carbocycles. The zero-order chi connectivity index (χ0) is 28.8. The second-order valence-corrected chi connectivity index (χ2v) is 8.57. The van der Waals surface area contributed by atoms with Crippen molar-refractivity contribution >= 4 is 23.5 Å². The number of nitro groups is 1. The summed E-state index contributed by atoms with van der Waals surface area (Å²) in [6, 6.07) is 14.5. The van der Waals surface area contributed by atoms with Gasteiger partial charge in [0.2, 0.25) is 0 Å². The van der Waals surface area contributed by atoms with Crippen LogP contribution in [0, 0.1) is 10.1 Å². The summed E-state index contributed by atoms with van der Waals surface area (Å²) >= 11 is 0. The van der Waals surface area contributed by atoms with Crippen LogP contribution < -0.4 is 0 Å². The number of hydrogen-bond acceptors (Lipinski definition) is 8. The molecule has 2 aromatic rings. The quantitative estimate of drug-likeness (QED) is 0.259. The second kappa shape index (κ2) is 15.6. The van der Waals surface area contributed by atoms with E-state index >= 15 is 0 Å². The van der Waals surface area contributed by atoms with Gasteiger partial charge in [0.15, 0.2) is 5.78 Å². The van der Waals surface area contributed by atoms with Crippen molar-refractivity contribution in [1.82, 2.24) is 14.9 Å². The number of nitro benzene ring substituents is 1. The van der Waals surface area contributed by atoms with Crippen molar-refractivity contribution < 1.29 is 29.3 Å². The number of nitrogens with zero attached hydrogens (tertiary/aromatic N) is 4. The molecule has 11 heteroatoms. The first-order valence-electron chi connectivity index (χ1n) is 12.1. The van der Waals surface area contributed by atoms with E-state index in [9.17, 15) is 24.5 Å². The predicted octanol–water partition coefficient (Wildman–Crippen LogP) is 4.14. The molecule has 2 aromatic carbocycles. The number of hydroxylamine groups is 2. The number of allylic oxidation sites excluding steroid dienone is 2. The number of carboxylic acid groups (broad SMARTS) is 1. The van der Waals surface area contributed by atoms with Crippen LogP contribution >= 0.6 is 0 Å². The van der Waals surface area contributed by atoms with Crippen molar-refractivity contribution in [3.63, 3.8) is 0 Å². The Balaban J connectivity index is 0.000000216. The number of likely N-dealkylation sites (N-methyl/N-ethyl adjacent to an activating group) is 1. The Morgan fingerprint density at radius 1 is 0.974 bits per heavy atom. The van der Waals surface area contributed by atoms with Crippen molar-refractivity contribution in [3.8, 4) is 0 Å². The van der Waals surface area contributed by atoms with Crippen molar-refractivity contribution in [2.24, 2.45) is 0 Å². The molecule has 1 fully saturated rings. The fourth-order valence-electron chi connectivity index (χ4n) is 3.25. The van der Waals surface area contributed by atoms with Gasteiger partial charge < -0.3 is 14.8 Å². The van der Waals surface area contributed by atoms with Gasteiger partial charge in [0.05, 0.1) is 4.92 Å². The zero-order valence-electron chi connectivity index (χ0n) is 21.9. The molecule has 1 amide bonds. The summed E-state index contributed by atoms with van der Waals surface area (Å²) in [5.74, 6) is -0.664. The highest BCUT2D eigenvalue weighted by molar-refractivity contribution is 6.11. The number of carbonyl (C=O) groups is 3. The Kier molecular flexibility index (Phi) is 12.2. The molecule has 206 valence electrons. The Hall–Kier alpha value is -4.61. The number of piperazine rings is 1. The Morgan fingerprint density at radius 3 is 2.10 bits per heavy atom. The summed E-state index contributed by atoms with van der Waals surface area (Å²) in [6.45, 7) is 9.05. The summed E-state index contributed by atoms with van der Waals surface area (Å²) in [6.07, 6.45) is 5.92. The van der Waals surface area contributed by atoms with Crippen LogP contribution in [0.2, 0.25) is 0 Å². The maximum atomic E-state index is 12.1. The Bertz CT molecular complexity index is 1220. The average Bonchev–Trinajstić information content (AvgIpc) is 2.95. The molecule has 0 spiro atoms. The standard InChI is InChI=1S/C13H9NO3.C9H16N2O2.C6H7NO2/c15-13(10-6-2-1-3-7-10)11-8-4-5-9-12(11)14(16)17;1-8(2)9(12)13-11-6-4-10(3)5-7-11;8-6(9)7-4-2-1-3-5-7/h1-9H;1,4-7H2,2-3H3;1-4H,5H2,(H,8,9). The number of carbonyl (C=O) groups excluding carboxylic acids is 2. The van der Waals surface area contributed by atoms with Gasteiger partial charge in [-0.05, 0) is 26.1 Å². The molecule has 0 radical (unpaired) electrons. The van der Waals surface area contributed by atoms with E-state index in [2.05, 4.69) is 18.5 Å². The third-order valence-electron chi connectivity index (χ3n) is 5.47. The topological polar surface area (TPSA) is 134 Å². The van der Waals surface area contributed by atoms with E-state index in [0.29, 0.717) is 17.7 Å². The third-order valence-corrected chi connectivity index (χ3v) is 5.47. The van der Waals surface area contributed by atoms with Gasteiger partial charge >= 0.3 is 12.1 Å². The molecule has 0 unspecified atom stereocenters. The molecule has 4 rings (SSSR count). The smallest absolute Gasteiger partial charge is 0.411 e. The number of ketones is 1. The minimum absolute atomic E-state index is 0.115. The van der Waals surface area contributed by atoms with Crippen LogP contribution in [-0.2, 0) is 9.63 Å². The average molecular weight is 537 g/mol. The SMILES string of the molecule is C=C(C)C(=O)ON1CCN(C)CC1.O=C(O)N1C=CC=CC1.O=C(c1ccccc1)c1ccccc1[N+](=O)[O-]. The number of amides is 1. The van der Waals surface area contributed by atoms with E-state index in [-0.39, 0.29) is 23.0 Å². The van der Waals surface area contributed by atoms with Crippen LogP contribution in [0.5, 0.6) is 0 Å². The lowest BCUT2D eigenvalue weighted by atomic mass is 10.0. The van der Waals surface area contributed by atoms with Gasteiger partial charge in [0.25, 0.3) is 5.69 Å². The van der Waals surface area contributed by atoms with Gasteiger partial charge in [0.1, 0.15) is 5.56 Å². The van der Waals surface area contributed by atoms with Crippen LogP contribution in [0.1, 0.15) is 22.8 Å². The molecule has 2 heterocycles. The fourth-order valence-corrected chi connectivity index (χ4v) is 3.25. The molecule has 0 saturated carbocycles. The number of hydrogen-bond donors (Lipinski definition) is 1. The molecular formula is C28H32N4O7. The first kappa shape index (κ1) is 30.6. The molecule has 2 aliphatic rings. The number of benzene rings is 2. The number of para-hydroxylation sites is 1. The normalized spacial score (nSPS) is 14.7. The first-order chi connectivity index (χ1) is 18.6. The number of rotatable bonds is 5. The van der Waals surface area contributed by atoms with E-state index in [1.165, 1.54) is 23.2 Å². The van der Waals surface area contributed by atoms with Crippen LogP contribution in [0.15, 0.2) is 91.2 Å². The maximum absolute atomic E-state index is 12.1. The molecule has 0 bridgehead atoms. The molecule has 0 atom stereocenters. The minimum atomic E-state index is -0.907. The van der Waals surface area contributed by atoms with Crippen molar-refractivity contribution in [3.05, 3.63) is 112 Å². The summed E-state index contributed by atoms with van der Waals surface area (Å²) in [5.41, 5.74) is 0.839. The van der Waals surface area contributed by atoms with Gasteiger partial charge in [-0.25, -0.2) is 9.59 Å². The predicted molar refractivity (Wildman–Crippen MR) is 146 cm³/mol. The summed E-state index contributed by atoms with van der Waals surface area (Å²) in [7, 11) is 2.05. The monoisotopic (exact) mass is 536 g/mol. The molecule has 0 aromatic heterocycles. The van der Waals surface area contributed by atoms with Crippen LogP contribution in [0.3, 0.4) is 0 Å². The molecule has 1 N–H and O–H groups in total. The highest BCUT2D eigenvalue weighted by Crippen LogP contribution is 2.21. The van der Waals surface area contributed by atoms with Crippen molar-refractivity contribution in [2.75, 3.05) is 39.8 Å². The molecular weight excluding hydrogens is 504 g/mol. The van der Waals surface area contributed by atoms with Crippen LogP contribution in [0.4, 0.5) is 10.5 Å². The van der Waals surface area contributed by atoms with Gasteiger partial charge in [-0.15, -0.1) is 5.06 Å². The van der Waals surface area contributed by atoms with Gasteiger partial charge in [-0.2, -0.15) is 0 Å². The highest BCUT2D eigenvalue weighted by atomic mass is 16.7. The van der Waals surface area contributed by atoms with Crippen molar-refractivity contribution in [2.45, 2.75) is 6.92 Å². The van der Waals surface area contributed by atoms with Gasteiger partial charge in [-0.1, -0.05) is 61.2 Å². The lowest BCUT2D eigenvalue weighted by Gasteiger charge is -2.30. The zero-order valence-corrected chi connectivity index (χ0v) is 21.9. The molecule has 1 saturated heterocycles. The summed E-state index contributed by atoms with van der Waals surface area (Å²) < 4.78 is 0. The minimum Gasteiger partial charge on any atom is -0.465 e. The van der Waals surface area contributed by atoms with E-state index in [1.807, 2.05) is 6.08 Å². The maximum Gasteiger partial charge on any atom is 0.411 e. The van der Waals surface area contributed by atoms with Gasteiger partial charge in [0, 0.05) is 56.1 Å².